The SMILES string of the molecule is CCC(C)C(C)(C)CC1C2=C1C2. The molecule has 0 nitrogen and oxygen atoms in total. The molecule has 2 aliphatic rings. The van der Waals surface area contributed by atoms with Crippen molar-refractivity contribution in [3.63, 3.8) is 0 Å². The molecule has 0 aromatic rings. The van der Waals surface area contributed by atoms with Crippen molar-refractivity contribution in [3.8, 4) is 0 Å². The van der Waals surface area contributed by atoms with Gasteiger partial charge in [-0.05, 0) is 24.2 Å². The summed E-state index contributed by atoms with van der Waals surface area (Å²) in [5.74, 6) is 1.85. The average molecular weight is 164 g/mol. The van der Waals surface area contributed by atoms with Gasteiger partial charge < -0.3 is 0 Å². The van der Waals surface area contributed by atoms with Crippen LogP contribution in [0.3, 0.4) is 0 Å². The van der Waals surface area contributed by atoms with Crippen molar-refractivity contribution in [3.05, 3.63) is 11.1 Å². The first-order valence-corrected chi connectivity index (χ1v) is 5.28. The van der Waals surface area contributed by atoms with Gasteiger partial charge in [0.15, 0.2) is 0 Å². The largest absolute Gasteiger partial charge is 0.0651 e. The maximum atomic E-state index is 2.43. The molecular formula is C12H20. The van der Waals surface area contributed by atoms with E-state index in [-0.39, 0.29) is 0 Å². The zero-order valence-electron chi connectivity index (χ0n) is 8.78. The molecule has 0 aromatic carbocycles. The van der Waals surface area contributed by atoms with Crippen LogP contribution in [-0.2, 0) is 0 Å². The Balaban J connectivity index is 1.83. The van der Waals surface area contributed by atoms with Gasteiger partial charge in [-0.3, -0.25) is 0 Å². The molecular weight excluding hydrogens is 144 g/mol. The summed E-state index contributed by atoms with van der Waals surface area (Å²) in [7, 11) is 0. The molecule has 0 amide bonds. The van der Waals surface area contributed by atoms with Crippen LogP contribution in [0.15, 0.2) is 11.1 Å². The van der Waals surface area contributed by atoms with Crippen LogP contribution in [0.5, 0.6) is 0 Å². The predicted octanol–water partition coefficient (Wildman–Crippen LogP) is 3.78. The number of hydrogen-bond donors (Lipinski definition) is 0. The van der Waals surface area contributed by atoms with Crippen molar-refractivity contribution >= 4 is 0 Å². The fraction of sp³-hybridized carbons (Fsp3) is 0.833. The molecule has 0 N–H and O–H groups in total. The first-order valence-electron chi connectivity index (χ1n) is 5.28. The number of allylic oxidation sites excluding steroid dienone is 2. The van der Waals surface area contributed by atoms with Crippen LogP contribution in [0.1, 0.15) is 47.0 Å². The standard InChI is InChI=1S/C12H20/c1-5-8(2)12(3,4)7-11-9-6-10(9)11/h8,11H,5-7H2,1-4H3. The Morgan fingerprint density at radius 2 is 2.00 bits per heavy atom. The quantitative estimate of drug-likeness (QED) is 0.555. The van der Waals surface area contributed by atoms with E-state index in [1.165, 1.54) is 19.3 Å². The Kier molecular flexibility index (Phi) is 1.65. The van der Waals surface area contributed by atoms with Crippen LogP contribution < -0.4 is 0 Å². The van der Waals surface area contributed by atoms with E-state index in [0.29, 0.717) is 5.41 Å². The Labute approximate surface area is 76.1 Å². The third-order valence-electron chi connectivity index (χ3n) is 4.10. The Bertz CT molecular complexity index is 220. The zero-order valence-corrected chi connectivity index (χ0v) is 8.78. The highest BCUT2D eigenvalue weighted by Gasteiger charge is 2.50. The van der Waals surface area contributed by atoms with Gasteiger partial charge in [-0.1, -0.05) is 45.3 Å². The summed E-state index contributed by atoms with van der Waals surface area (Å²) in [6.45, 7) is 9.56. The van der Waals surface area contributed by atoms with Crippen molar-refractivity contribution in [1.29, 1.82) is 0 Å². The Morgan fingerprint density at radius 1 is 1.42 bits per heavy atom. The minimum atomic E-state index is 0.562. The molecule has 2 rings (SSSR count). The predicted molar refractivity (Wildman–Crippen MR) is 53.0 cm³/mol. The summed E-state index contributed by atoms with van der Waals surface area (Å²) in [4.78, 5) is 0. The highest BCUT2D eigenvalue weighted by atomic mass is 14.5. The second kappa shape index (κ2) is 2.37. The second-order valence-electron chi connectivity index (χ2n) is 5.28. The summed E-state index contributed by atoms with van der Waals surface area (Å²) >= 11 is 0. The van der Waals surface area contributed by atoms with E-state index in [0.717, 1.165) is 11.8 Å². The van der Waals surface area contributed by atoms with E-state index < -0.39 is 0 Å². The summed E-state index contributed by atoms with van der Waals surface area (Å²) < 4.78 is 0. The van der Waals surface area contributed by atoms with Crippen LogP contribution in [0.4, 0.5) is 0 Å². The summed E-state index contributed by atoms with van der Waals surface area (Å²) in [6, 6.07) is 0. The molecule has 12 heavy (non-hydrogen) atoms. The monoisotopic (exact) mass is 164 g/mol. The number of hydrogen-bond acceptors (Lipinski definition) is 0. The molecule has 0 aliphatic heterocycles. The van der Waals surface area contributed by atoms with Gasteiger partial charge in [0.25, 0.3) is 0 Å². The molecule has 0 saturated carbocycles. The van der Waals surface area contributed by atoms with Gasteiger partial charge in [0.05, 0.1) is 0 Å². The van der Waals surface area contributed by atoms with E-state index in [4.69, 9.17) is 0 Å². The molecule has 0 heteroatoms. The van der Waals surface area contributed by atoms with E-state index in [9.17, 15) is 0 Å². The smallest absolute Gasteiger partial charge is 0.00246 e. The van der Waals surface area contributed by atoms with Crippen molar-refractivity contribution < 1.29 is 0 Å². The van der Waals surface area contributed by atoms with E-state index >= 15 is 0 Å². The summed E-state index contributed by atoms with van der Waals surface area (Å²) in [5.41, 5.74) is 4.19. The summed E-state index contributed by atoms with van der Waals surface area (Å²) in [5, 5.41) is 0. The number of rotatable bonds is 4. The van der Waals surface area contributed by atoms with Crippen molar-refractivity contribution in [2.24, 2.45) is 17.3 Å². The lowest BCUT2D eigenvalue weighted by molar-refractivity contribution is 0.193. The van der Waals surface area contributed by atoms with Gasteiger partial charge in [-0.15, -0.1) is 0 Å². The molecule has 68 valence electrons. The second-order valence-corrected chi connectivity index (χ2v) is 5.28. The van der Waals surface area contributed by atoms with Crippen LogP contribution in [0.25, 0.3) is 0 Å². The molecule has 1 unspecified atom stereocenters. The Hall–Kier alpha value is -0.260. The Morgan fingerprint density at radius 3 is 2.33 bits per heavy atom. The van der Waals surface area contributed by atoms with Crippen molar-refractivity contribution in [2.45, 2.75) is 47.0 Å². The lowest BCUT2D eigenvalue weighted by atomic mass is 9.73. The minimum absolute atomic E-state index is 0.562. The minimum Gasteiger partial charge on any atom is -0.0651 e. The summed E-state index contributed by atoms with van der Waals surface area (Å²) in [6.07, 6.45) is 4.15. The van der Waals surface area contributed by atoms with Gasteiger partial charge in [0, 0.05) is 5.92 Å². The van der Waals surface area contributed by atoms with Crippen LogP contribution in [-0.4, -0.2) is 0 Å². The third-order valence-corrected chi connectivity index (χ3v) is 4.10. The molecule has 0 aromatic heterocycles. The van der Waals surface area contributed by atoms with Crippen LogP contribution in [0.2, 0.25) is 0 Å². The van der Waals surface area contributed by atoms with Crippen molar-refractivity contribution in [1.82, 2.24) is 0 Å². The molecule has 0 saturated heterocycles. The third kappa shape index (κ3) is 1.22. The fourth-order valence-electron chi connectivity index (χ4n) is 2.18. The lowest BCUT2D eigenvalue weighted by Crippen LogP contribution is -2.23. The van der Waals surface area contributed by atoms with E-state index in [1.54, 1.807) is 0 Å². The molecule has 0 bridgehead atoms. The maximum absolute atomic E-state index is 2.43. The highest BCUT2D eigenvalue weighted by Crippen LogP contribution is 2.64. The zero-order chi connectivity index (χ0) is 8.93. The van der Waals surface area contributed by atoms with E-state index in [1.807, 2.05) is 11.1 Å². The maximum Gasteiger partial charge on any atom is 0.00246 e. The van der Waals surface area contributed by atoms with Crippen LogP contribution in [0, 0.1) is 17.3 Å². The van der Waals surface area contributed by atoms with Gasteiger partial charge in [-0.2, -0.15) is 0 Å². The van der Waals surface area contributed by atoms with Crippen LogP contribution >= 0.6 is 0 Å². The molecule has 1 atom stereocenters. The van der Waals surface area contributed by atoms with Gasteiger partial charge in [0.2, 0.25) is 0 Å². The van der Waals surface area contributed by atoms with Gasteiger partial charge >= 0.3 is 0 Å². The lowest BCUT2D eigenvalue weighted by Gasteiger charge is -2.32. The molecule has 2 aliphatic carbocycles. The first-order chi connectivity index (χ1) is 5.56. The molecule has 0 spiro atoms. The van der Waals surface area contributed by atoms with Gasteiger partial charge in [-0.25, -0.2) is 0 Å². The van der Waals surface area contributed by atoms with Crippen molar-refractivity contribution in [2.75, 3.05) is 0 Å². The van der Waals surface area contributed by atoms with Gasteiger partial charge in [0.1, 0.15) is 0 Å². The molecule has 0 radical (unpaired) electrons. The normalized spacial score (nSPS) is 24.0. The average Bonchev–Trinajstić information content (AvgIpc) is 2.86. The first kappa shape index (κ1) is 8.34. The fourth-order valence-corrected chi connectivity index (χ4v) is 2.18. The molecule has 0 fully saturated rings. The topological polar surface area (TPSA) is 0 Å². The van der Waals surface area contributed by atoms with E-state index in [2.05, 4.69) is 27.7 Å². The molecule has 0 heterocycles. The highest BCUT2D eigenvalue weighted by molar-refractivity contribution is 5.59.